The van der Waals surface area contributed by atoms with Gasteiger partial charge in [-0.1, -0.05) is 11.3 Å². The van der Waals surface area contributed by atoms with E-state index in [2.05, 4.69) is 9.72 Å². The van der Waals surface area contributed by atoms with E-state index >= 15 is 0 Å². The van der Waals surface area contributed by atoms with Crippen LogP contribution >= 0.6 is 11.3 Å². The fraction of sp³-hybridized carbons (Fsp3) is 0.600. The highest BCUT2D eigenvalue weighted by Crippen LogP contribution is 2.28. The zero-order chi connectivity index (χ0) is 13.9. The summed E-state index contributed by atoms with van der Waals surface area (Å²) in [6.45, 7) is 2.16. The quantitative estimate of drug-likeness (QED) is 0.796. The summed E-state index contributed by atoms with van der Waals surface area (Å²) in [6.07, 6.45) is -3.10. The molecule has 1 aromatic rings. The van der Waals surface area contributed by atoms with E-state index in [1.54, 1.807) is 13.8 Å². The summed E-state index contributed by atoms with van der Waals surface area (Å²) in [5, 5.41) is 0.155. The molecule has 1 heterocycles. The summed E-state index contributed by atoms with van der Waals surface area (Å²) in [4.78, 5) is 16.3. The molecule has 8 heteroatoms. The second kappa shape index (κ2) is 5.55. The van der Waals surface area contributed by atoms with Gasteiger partial charge in [0.05, 0.1) is 13.3 Å². The third kappa shape index (κ3) is 3.86. The molecule has 1 rings (SSSR count). The molecule has 0 saturated heterocycles. The fourth-order valence-electron chi connectivity index (χ4n) is 1.26. The number of nitrogens with zero attached hydrogens (tertiary/aromatic N) is 2. The zero-order valence-electron chi connectivity index (χ0n) is 10.1. The Morgan fingerprint density at radius 1 is 1.56 bits per heavy atom. The molecule has 0 aliphatic rings. The molecule has 0 aromatic carbocycles. The van der Waals surface area contributed by atoms with E-state index in [1.165, 1.54) is 13.3 Å². The number of carbonyl (C=O) groups is 1. The predicted molar refractivity (Wildman–Crippen MR) is 62.0 cm³/mol. The van der Waals surface area contributed by atoms with Gasteiger partial charge in [0, 0.05) is 6.04 Å². The van der Waals surface area contributed by atoms with E-state index in [-0.39, 0.29) is 16.1 Å². The van der Waals surface area contributed by atoms with Crippen molar-refractivity contribution in [3.05, 3.63) is 11.1 Å². The Bertz CT molecular complexity index is 418. The van der Waals surface area contributed by atoms with Crippen molar-refractivity contribution in [3.63, 3.8) is 0 Å². The van der Waals surface area contributed by atoms with Crippen molar-refractivity contribution in [3.8, 4) is 0 Å². The molecule has 1 aromatic heterocycles. The van der Waals surface area contributed by atoms with E-state index < -0.39 is 18.7 Å². The van der Waals surface area contributed by atoms with Crippen LogP contribution in [0.15, 0.2) is 6.20 Å². The number of ether oxygens (including phenoxy) is 1. The van der Waals surface area contributed by atoms with Crippen LogP contribution in [0.1, 0.15) is 23.5 Å². The molecular formula is C10H13F3N2O2S. The van der Waals surface area contributed by atoms with Crippen LogP contribution in [0.4, 0.5) is 18.3 Å². The number of carbonyl (C=O) groups excluding carboxylic acids is 1. The van der Waals surface area contributed by atoms with Gasteiger partial charge in [0.25, 0.3) is 0 Å². The number of halogens is 3. The SMILES string of the molecule is COC(=O)c1cnc(N(CC(F)(F)F)C(C)C)s1. The van der Waals surface area contributed by atoms with Crippen molar-refractivity contribution in [2.45, 2.75) is 26.1 Å². The van der Waals surface area contributed by atoms with Gasteiger partial charge in [0.1, 0.15) is 11.4 Å². The minimum atomic E-state index is -4.32. The summed E-state index contributed by atoms with van der Waals surface area (Å²) in [7, 11) is 1.21. The van der Waals surface area contributed by atoms with Crippen molar-refractivity contribution in [2.75, 3.05) is 18.6 Å². The molecule has 4 nitrogen and oxygen atoms in total. The Morgan fingerprint density at radius 3 is 2.61 bits per heavy atom. The number of rotatable bonds is 4. The summed E-state index contributed by atoms with van der Waals surface area (Å²) in [5.74, 6) is -0.602. The smallest absolute Gasteiger partial charge is 0.406 e. The van der Waals surface area contributed by atoms with Crippen LogP contribution in [-0.4, -0.2) is 36.8 Å². The van der Waals surface area contributed by atoms with E-state index in [9.17, 15) is 18.0 Å². The first-order valence-electron chi connectivity index (χ1n) is 5.12. The van der Waals surface area contributed by atoms with Crippen LogP contribution < -0.4 is 4.90 Å². The Hall–Kier alpha value is -1.31. The summed E-state index contributed by atoms with van der Waals surface area (Å²) in [5.41, 5.74) is 0. The summed E-state index contributed by atoms with van der Waals surface area (Å²) >= 11 is 0.883. The minimum absolute atomic E-state index is 0.155. The van der Waals surface area contributed by atoms with Crippen LogP contribution in [-0.2, 0) is 4.74 Å². The Labute approximate surface area is 106 Å². The molecule has 0 aliphatic heterocycles. The Balaban J connectivity index is 2.93. The molecule has 0 amide bonds. The number of methoxy groups -OCH3 is 1. The maximum absolute atomic E-state index is 12.4. The average molecular weight is 282 g/mol. The lowest BCUT2D eigenvalue weighted by atomic mass is 10.3. The lowest BCUT2D eigenvalue weighted by Gasteiger charge is -2.26. The highest BCUT2D eigenvalue weighted by Gasteiger charge is 2.33. The number of alkyl halides is 3. The monoisotopic (exact) mass is 282 g/mol. The van der Waals surface area contributed by atoms with Gasteiger partial charge in [-0.3, -0.25) is 0 Å². The molecule has 0 radical (unpaired) electrons. The van der Waals surface area contributed by atoms with E-state index in [0.717, 1.165) is 16.2 Å². The van der Waals surface area contributed by atoms with Crippen LogP contribution in [0.25, 0.3) is 0 Å². The van der Waals surface area contributed by atoms with E-state index in [4.69, 9.17) is 0 Å². The number of aromatic nitrogens is 1. The van der Waals surface area contributed by atoms with Gasteiger partial charge < -0.3 is 9.64 Å². The molecule has 0 bridgehead atoms. The molecule has 0 atom stereocenters. The molecule has 102 valence electrons. The Kier molecular flexibility index (Phi) is 4.55. The average Bonchev–Trinajstić information content (AvgIpc) is 2.72. The van der Waals surface area contributed by atoms with Crippen molar-refractivity contribution in [2.24, 2.45) is 0 Å². The lowest BCUT2D eigenvalue weighted by Crippen LogP contribution is -2.39. The van der Waals surface area contributed by atoms with Crippen LogP contribution in [0, 0.1) is 0 Å². The normalized spacial score (nSPS) is 11.7. The van der Waals surface area contributed by atoms with Gasteiger partial charge in [-0.05, 0) is 13.8 Å². The largest absolute Gasteiger partial charge is 0.465 e. The second-order valence-electron chi connectivity index (χ2n) is 3.84. The van der Waals surface area contributed by atoms with Gasteiger partial charge >= 0.3 is 12.1 Å². The van der Waals surface area contributed by atoms with Gasteiger partial charge in [0.15, 0.2) is 5.13 Å². The molecule has 0 spiro atoms. The van der Waals surface area contributed by atoms with E-state index in [1.807, 2.05) is 0 Å². The summed E-state index contributed by atoms with van der Waals surface area (Å²) in [6, 6.07) is -0.372. The van der Waals surface area contributed by atoms with Crippen molar-refractivity contribution in [1.82, 2.24) is 4.98 Å². The van der Waals surface area contributed by atoms with Crippen molar-refractivity contribution in [1.29, 1.82) is 0 Å². The first-order valence-corrected chi connectivity index (χ1v) is 5.93. The maximum atomic E-state index is 12.4. The molecule has 0 saturated carbocycles. The molecule has 18 heavy (non-hydrogen) atoms. The zero-order valence-corrected chi connectivity index (χ0v) is 10.9. The molecule has 0 unspecified atom stereocenters. The molecule has 0 fully saturated rings. The number of anilines is 1. The van der Waals surface area contributed by atoms with Gasteiger partial charge in [-0.15, -0.1) is 0 Å². The fourth-order valence-corrected chi connectivity index (χ4v) is 2.22. The van der Waals surface area contributed by atoms with Gasteiger partial charge in [-0.2, -0.15) is 13.2 Å². The topological polar surface area (TPSA) is 42.4 Å². The van der Waals surface area contributed by atoms with Crippen LogP contribution in [0.5, 0.6) is 0 Å². The maximum Gasteiger partial charge on any atom is 0.406 e. The first kappa shape index (κ1) is 14.7. The number of esters is 1. The third-order valence-corrected chi connectivity index (χ3v) is 3.11. The highest BCUT2D eigenvalue weighted by molar-refractivity contribution is 7.17. The third-order valence-electron chi connectivity index (χ3n) is 2.10. The van der Waals surface area contributed by atoms with E-state index in [0.29, 0.717) is 0 Å². The number of hydrogen-bond acceptors (Lipinski definition) is 5. The second-order valence-corrected chi connectivity index (χ2v) is 4.84. The molecular weight excluding hydrogens is 269 g/mol. The van der Waals surface area contributed by atoms with Crippen LogP contribution in [0.2, 0.25) is 0 Å². The van der Waals surface area contributed by atoms with Crippen molar-refractivity contribution >= 4 is 22.4 Å². The minimum Gasteiger partial charge on any atom is -0.465 e. The number of thiazole rings is 1. The standard InChI is InChI=1S/C10H13F3N2O2S/c1-6(2)15(5-10(11,12)13)9-14-4-7(18-9)8(16)17-3/h4,6H,5H2,1-3H3. The van der Waals surface area contributed by atoms with Crippen LogP contribution in [0.3, 0.4) is 0 Å². The Morgan fingerprint density at radius 2 is 2.17 bits per heavy atom. The van der Waals surface area contributed by atoms with Crippen molar-refractivity contribution < 1.29 is 22.7 Å². The number of hydrogen-bond donors (Lipinski definition) is 0. The predicted octanol–water partition coefficient (Wildman–Crippen LogP) is 2.71. The summed E-state index contributed by atoms with van der Waals surface area (Å²) < 4.78 is 41.8. The highest BCUT2D eigenvalue weighted by atomic mass is 32.1. The molecule has 0 aliphatic carbocycles. The first-order chi connectivity index (χ1) is 8.24. The molecule has 0 N–H and O–H groups in total. The lowest BCUT2D eigenvalue weighted by molar-refractivity contribution is -0.120. The van der Waals surface area contributed by atoms with Gasteiger partial charge in [-0.25, -0.2) is 9.78 Å². The van der Waals surface area contributed by atoms with Gasteiger partial charge in [0.2, 0.25) is 0 Å².